The molecule has 0 fully saturated rings. The Balaban J connectivity index is 1.82. The quantitative estimate of drug-likeness (QED) is 0.307. The predicted octanol–water partition coefficient (Wildman–Crippen LogP) is 7.41. The second-order valence-electron chi connectivity index (χ2n) is 8.83. The van der Waals surface area contributed by atoms with Crippen LogP contribution in [0.4, 0.5) is 0 Å². The van der Waals surface area contributed by atoms with Crippen molar-refractivity contribution in [1.82, 2.24) is 0 Å². The maximum atomic E-state index is 13.3. The molecule has 0 aliphatic carbocycles. The van der Waals surface area contributed by atoms with Crippen LogP contribution in [-0.4, -0.2) is 0 Å². The molecule has 0 aliphatic heterocycles. The standard InChI is InChI=1S/C27H25BrO3/c1-17-5-14-22-23(15-17)31-25(19-8-10-20(11-9-19)27(2,3)4)26(24(22)29)30-16-18-6-12-21(28)13-7-18/h5-15H,16H2,1-4H3. The van der Waals surface area contributed by atoms with Gasteiger partial charge in [0.2, 0.25) is 11.2 Å². The number of ether oxygens (including phenoxy) is 1. The maximum absolute atomic E-state index is 13.3. The SMILES string of the molecule is Cc1ccc2c(=O)c(OCc3ccc(Br)cc3)c(-c3ccc(C(C)(C)C)cc3)oc2c1. The van der Waals surface area contributed by atoms with Gasteiger partial charge in [-0.05, 0) is 53.3 Å². The molecule has 0 bridgehead atoms. The third-order valence-electron chi connectivity index (χ3n) is 5.32. The number of halogens is 1. The van der Waals surface area contributed by atoms with Crippen molar-refractivity contribution in [3.8, 4) is 17.1 Å². The molecule has 0 amide bonds. The smallest absolute Gasteiger partial charge is 0.235 e. The highest BCUT2D eigenvalue weighted by Crippen LogP contribution is 2.33. The van der Waals surface area contributed by atoms with Crippen LogP contribution in [-0.2, 0) is 12.0 Å². The van der Waals surface area contributed by atoms with Gasteiger partial charge in [0.1, 0.15) is 12.2 Å². The van der Waals surface area contributed by atoms with E-state index in [-0.39, 0.29) is 23.2 Å². The molecule has 0 radical (unpaired) electrons. The van der Waals surface area contributed by atoms with Crippen LogP contribution in [0.5, 0.6) is 5.75 Å². The van der Waals surface area contributed by atoms with Crippen molar-refractivity contribution < 1.29 is 9.15 Å². The number of hydrogen-bond acceptors (Lipinski definition) is 3. The number of aryl methyl sites for hydroxylation is 1. The second kappa shape index (κ2) is 8.35. The monoisotopic (exact) mass is 476 g/mol. The van der Waals surface area contributed by atoms with Gasteiger partial charge in [0.25, 0.3) is 0 Å². The highest BCUT2D eigenvalue weighted by molar-refractivity contribution is 9.10. The summed E-state index contributed by atoms with van der Waals surface area (Å²) >= 11 is 3.44. The van der Waals surface area contributed by atoms with Gasteiger partial charge in [-0.25, -0.2) is 0 Å². The summed E-state index contributed by atoms with van der Waals surface area (Å²) in [6.07, 6.45) is 0. The Bertz CT molecular complexity index is 1280. The minimum absolute atomic E-state index is 0.0424. The van der Waals surface area contributed by atoms with E-state index >= 15 is 0 Å². The predicted molar refractivity (Wildman–Crippen MR) is 130 cm³/mol. The summed E-state index contributed by atoms with van der Waals surface area (Å²) < 4.78 is 13.3. The minimum atomic E-state index is -0.159. The molecule has 158 valence electrons. The van der Waals surface area contributed by atoms with Crippen LogP contribution in [0.25, 0.3) is 22.3 Å². The summed E-state index contributed by atoms with van der Waals surface area (Å²) in [7, 11) is 0. The molecule has 3 aromatic carbocycles. The van der Waals surface area contributed by atoms with E-state index in [2.05, 4.69) is 48.8 Å². The molecule has 1 heterocycles. The summed E-state index contributed by atoms with van der Waals surface area (Å²) in [6, 6.07) is 21.6. The van der Waals surface area contributed by atoms with Gasteiger partial charge >= 0.3 is 0 Å². The zero-order chi connectivity index (χ0) is 22.2. The lowest BCUT2D eigenvalue weighted by molar-refractivity contribution is 0.298. The Morgan fingerprint density at radius 1 is 0.935 bits per heavy atom. The first-order valence-electron chi connectivity index (χ1n) is 10.3. The van der Waals surface area contributed by atoms with Crippen LogP contribution in [0.15, 0.2) is 80.4 Å². The van der Waals surface area contributed by atoms with E-state index in [9.17, 15) is 4.79 Å². The van der Waals surface area contributed by atoms with E-state index in [0.29, 0.717) is 16.7 Å². The Hall–Kier alpha value is -2.85. The Labute approximate surface area is 190 Å². The van der Waals surface area contributed by atoms with E-state index in [4.69, 9.17) is 9.15 Å². The van der Waals surface area contributed by atoms with E-state index in [1.54, 1.807) is 6.07 Å². The van der Waals surface area contributed by atoms with Crippen molar-refractivity contribution in [1.29, 1.82) is 0 Å². The third-order valence-corrected chi connectivity index (χ3v) is 5.84. The van der Waals surface area contributed by atoms with Crippen molar-refractivity contribution in [2.45, 2.75) is 39.7 Å². The van der Waals surface area contributed by atoms with Gasteiger partial charge in [-0.15, -0.1) is 0 Å². The molecular weight excluding hydrogens is 452 g/mol. The van der Waals surface area contributed by atoms with Crippen molar-refractivity contribution in [3.05, 3.63) is 98.1 Å². The fourth-order valence-electron chi connectivity index (χ4n) is 3.46. The molecule has 0 aliphatic rings. The van der Waals surface area contributed by atoms with Crippen molar-refractivity contribution >= 4 is 26.9 Å². The second-order valence-corrected chi connectivity index (χ2v) is 9.75. The largest absolute Gasteiger partial charge is 0.481 e. The molecule has 31 heavy (non-hydrogen) atoms. The maximum Gasteiger partial charge on any atom is 0.235 e. The molecule has 0 saturated heterocycles. The van der Waals surface area contributed by atoms with Crippen molar-refractivity contribution in [2.24, 2.45) is 0 Å². The summed E-state index contributed by atoms with van der Waals surface area (Å²) in [6.45, 7) is 8.78. The molecule has 0 atom stereocenters. The number of hydrogen-bond donors (Lipinski definition) is 0. The molecule has 4 aromatic rings. The van der Waals surface area contributed by atoms with Crippen LogP contribution >= 0.6 is 15.9 Å². The van der Waals surface area contributed by atoms with Gasteiger partial charge in [-0.1, -0.05) is 79.2 Å². The van der Waals surface area contributed by atoms with Gasteiger partial charge in [-0.3, -0.25) is 4.79 Å². The van der Waals surface area contributed by atoms with Crippen LogP contribution in [0.2, 0.25) is 0 Å². The first-order valence-corrected chi connectivity index (χ1v) is 11.1. The molecular formula is C27H25BrO3. The Morgan fingerprint density at radius 3 is 2.26 bits per heavy atom. The first-order chi connectivity index (χ1) is 14.7. The van der Waals surface area contributed by atoms with E-state index in [1.165, 1.54) is 5.56 Å². The summed E-state index contributed by atoms with van der Waals surface area (Å²) in [5, 5.41) is 0.520. The third kappa shape index (κ3) is 4.59. The van der Waals surface area contributed by atoms with E-state index < -0.39 is 0 Å². The van der Waals surface area contributed by atoms with Crippen molar-refractivity contribution in [3.63, 3.8) is 0 Å². The molecule has 0 N–H and O–H groups in total. The number of fused-ring (bicyclic) bond motifs is 1. The zero-order valence-corrected chi connectivity index (χ0v) is 19.7. The van der Waals surface area contributed by atoms with Crippen LogP contribution in [0, 0.1) is 6.92 Å². The summed E-state index contributed by atoms with van der Waals surface area (Å²) in [4.78, 5) is 13.3. The molecule has 4 heteroatoms. The lowest BCUT2D eigenvalue weighted by atomic mass is 9.86. The van der Waals surface area contributed by atoms with Crippen molar-refractivity contribution in [2.75, 3.05) is 0 Å². The van der Waals surface area contributed by atoms with Crippen LogP contribution in [0.1, 0.15) is 37.5 Å². The fourth-order valence-corrected chi connectivity index (χ4v) is 3.73. The van der Waals surface area contributed by atoms with Gasteiger partial charge < -0.3 is 9.15 Å². The minimum Gasteiger partial charge on any atom is -0.481 e. The molecule has 1 aromatic heterocycles. The topological polar surface area (TPSA) is 39.4 Å². The zero-order valence-electron chi connectivity index (χ0n) is 18.2. The van der Waals surface area contributed by atoms with E-state index in [1.807, 2.05) is 55.5 Å². The molecule has 0 saturated carbocycles. The average molecular weight is 477 g/mol. The highest BCUT2D eigenvalue weighted by atomic mass is 79.9. The average Bonchev–Trinajstić information content (AvgIpc) is 2.73. The molecule has 0 spiro atoms. The summed E-state index contributed by atoms with van der Waals surface area (Å²) in [5.74, 6) is 0.698. The van der Waals surface area contributed by atoms with Gasteiger partial charge in [0.05, 0.1) is 5.39 Å². The Kier molecular flexibility index (Phi) is 5.76. The number of benzene rings is 3. The lowest BCUT2D eigenvalue weighted by Gasteiger charge is -2.19. The summed E-state index contributed by atoms with van der Waals surface area (Å²) in [5.41, 5.74) is 4.49. The van der Waals surface area contributed by atoms with Gasteiger partial charge in [0, 0.05) is 10.0 Å². The first kappa shape index (κ1) is 21.4. The van der Waals surface area contributed by atoms with E-state index in [0.717, 1.165) is 21.2 Å². The van der Waals surface area contributed by atoms with Crippen LogP contribution < -0.4 is 10.2 Å². The van der Waals surface area contributed by atoms with Gasteiger partial charge in [-0.2, -0.15) is 0 Å². The highest BCUT2D eigenvalue weighted by Gasteiger charge is 2.19. The van der Waals surface area contributed by atoms with Crippen LogP contribution in [0.3, 0.4) is 0 Å². The number of rotatable bonds is 4. The normalized spacial score (nSPS) is 11.6. The molecule has 0 unspecified atom stereocenters. The Morgan fingerprint density at radius 2 is 1.61 bits per heavy atom. The molecule has 4 rings (SSSR count). The molecule has 3 nitrogen and oxygen atoms in total. The van der Waals surface area contributed by atoms with Gasteiger partial charge in [0.15, 0.2) is 5.76 Å². The lowest BCUT2D eigenvalue weighted by Crippen LogP contribution is -2.11. The fraction of sp³-hybridized carbons (Fsp3) is 0.222.